The van der Waals surface area contributed by atoms with Crippen molar-refractivity contribution < 1.29 is 29.7 Å². The van der Waals surface area contributed by atoms with Crippen LogP contribution in [-0.4, -0.2) is 65.7 Å². The Kier molecular flexibility index (Phi) is 22.7. The van der Waals surface area contributed by atoms with Crippen LogP contribution in [-0.2, 0) is 9.59 Å². The second kappa shape index (κ2) is 19.6. The quantitative estimate of drug-likeness (QED) is 0.266. The van der Waals surface area contributed by atoms with Gasteiger partial charge < -0.3 is 29.7 Å². The third-order valence-corrected chi connectivity index (χ3v) is 3.02. The molecular formula is C17H21O6Sn2+5. The summed E-state index contributed by atoms with van der Waals surface area (Å²) < 4.78 is 0. The summed E-state index contributed by atoms with van der Waals surface area (Å²) in [6.45, 7) is 0. The molecule has 1 rings (SSSR count). The average molecular weight is 559 g/mol. The molecule has 0 unspecified atom stereocenters. The third kappa shape index (κ3) is 21.2. The number of aromatic carboxylic acids is 1. The molecule has 128 valence electrons. The number of rotatable bonds is 10. The van der Waals surface area contributed by atoms with Crippen molar-refractivity contribution in [1.29, 1.82) is 0 Å². The summed E-state index contributed by atoms with van der Waals surface area (Å²) in [6, 6.07) is 8.06. The van der Waals surface area contributed by atoms with E-state index < -0.39 is 17.9 Å². The largest absolute Gasteiger partial charge is 4.00 e. The van der Waals surface area contributed by atoms with Gasteiger partial charge in [0, 0.05) is 11.9 Å². The van der Waals surface area contributed by atoms with E-state index in [1.807, 2.05) is 0 Å². The maximum absolute atomic E-state index is 10.1. The molecule has 0 aliphatic heterocycles. The zero-order valence-electron chi connectivity index (χ0n) is 14.0. The molecule has 0 saturated carbocycles. The zero-order valence-corrected chi connectivity index (χ0v) is 19.7. The van der Waals surface area contributed by atoms with Gasteiger partial charge in [-0.3, -0.25) is 0 Å². The Morgan fingerprint density at radius 2 is 1.00 bits per heavy atom. The van der Waals surface area contributed by atoms with E-state index in [1.54, 1.807) is 18.2 Å². The molecule has 0 bridgehead atoms. The molecule has 0 heterocycles. The fourth-order valence-corrected chi connectivity index (χ4v) is 1.82. The number of hydrogen-bond donors (Lipinski definition) is 0. The van der Waals surface area contributed by atoms with Gasteiger partial charge in [-0.1, -0.05) is 56.0 Å². The molecule has 8 heteroatoms. The third-order valence-electron chi connectivity index (χ3n) is 3.02. The van der Waals surface area contributed by atoms with Gasteiger partial charge in [0.15, 0.2) is 0 Å². The van der Waals surface area contributed by atoms with Gasteiger partial charge in [-0.05, 0) is 31.2 Å². The molecule has 25 heavy (non-hydrogen) atoms. The Labute approximate surface area is 181 Å². The normalized spacial score (nSPS) is 8.80. The van der Waals surface area contributed by atoms with Gasteiger partial charge >= 0.3 is 47.8 Å². The van der Waals surface area contributed by atoms with Crippen LogP contribution in [0.3, 0.4) is 0 Å². The molecule has 0 N–H and O–H groups in total. The maximum atomic E-state index is 10.1. The summed E-state index contributed by atoms with van der Waals surface area (Å²) in [6.07, 6.45) is 5.23. The van der Waals surface area contributed by atoms with Crippen molar-refractivity contribution in [3.8, 4) is 0 Å². The summed E-state index contributed by atoms with van der Waals surface area (Å²) in [5, 5.41) is 30.1. The number of carboxylic acid groups (broad SMARTS) is 3. The predicted octanol–water partition coefficient (Wildman–Crippen LogP) is -1.10. The van der Waals surface area contributed by atoms with Gasteiger partial charge in [0.1, 0.15) is 0 Å². The molecule has 0 atom stereocenters. The minimum Gasteiger partial charge on any atom is -0.550 e. The smallest absolute Gasteiger partial charge is 0.550 e. The molecular weight excluding hydrogens is 538 g/mol. The van der Waals surface area contributed by atoms with E-state index in [1.165, 1.54) is 12.1 Å². The Hall–Kier alpha value is -0.773. The van der Waals surface area contributed by atoms with Crippen molar-refractivity contribution in [1.82, 2.24) is 0 Å². The topological polar surface area (TPSA) is 120 Å². The Morgan fingerprint density at radius 3 is 1.28 bits per heavy atom. The number of hydrogen-bond acceptors (Lipinski definition) is 6. The monoisotopic (exact) mass is 561 g/mol. The number of aliphatic carboxylic acids is 2. The minimum absolute atomic E-state index is 0. The molecule has 0 amide bonds. The van der Waals surface area contributed by atoms with E-state index in [2.05, 4.69) is 0 Å². The summed E-state index contributed by atoms with van der Waals surface area (Å²) >= 11 is 0. The van der Waals surface area contributed by atoms with Crippen LogP contribution in [0, 0.1) is 0 Å². The molecule has 0 aromatic heterocycles. The van der Waals surface area contributed by atoms with Crippen LogP contribution in [0.25, 0.3) is 0 Å². The molecule has 0 fully saturated rings. The zero-order chi connectivity index (χ0) is 17.5. The second-order valence-corrected chi connectivity index (χ2v) is 5.02. The van der Waals surface area contributed by atoms with Crippen molar-refractivity contribution >= 4 is 65.7 Å². The average Bonchev–Trinajstić information content (AvgIpc) is 2.51. The molecule has 0 aliphatic carbocycles. The summed E-state index contributed by atoms with van der Waals surface area (Å²) in [5.74, 6) is -3.13. The molecule has 0 saturated heterocycles. The molecule has 0 spiro atoms. The Morgan fingerprint density at radius 1 is 0.640 bits per heavy atom. The number of carbonyl (C=O) groups excluding carboxylic acids is 3. The molecule has 1 aromatic carbocycles. The summed E-state index contributed by atoms with van der Waals surface area (Å²) in [7, 11) is 0. The SMILES string of the molecule is O=C([O-])CCCCCCCCC(=O)[O-].O=C([O-])c1ccccc1.[Sn+4].[Sn+4]. The number of unbranched alkanes of at least 4 members (excludes halogenated alkanes) is 5. The summed E-state index contributed by atoms with van der Waals surface area (Å²) in [4.78, 5) is 30.1. The van der Waals surface area contributed by atoms with Crippen LogP contribution in [0.5, 0.6) is 0 Å². The second-order valence-electron chi connectivity index (χ2n) is 5.02. The first kappa shape index (κ1) is 29.0. The van der Waals surface area contributed by atoms with Crippen LogP contribution in [0.15, 0.2) is 30.3 Å². The fraction of sp³-hybridized carbons (Fsp3) is 0.471. The van der Waals surface area contributed by atoms with Crippen LogP contribution in [0.4, 0.5) is 0 Å². The van der Waals surface area contributed by atoms with Gasteiger partial charge in [-0.15, -0.1) is 0 Å². The van der Waals surface area contributed by atoms with E-state index in [9.17, 15) is 29.7 Å². The molecule has 6 nitrogen and oxygen atoms in total. The van der Waals surface area contributed by atoms with E-state index in [0.29, 0.717) is 12.8 Å². The van der Waals surface area contributed by atoms with Crippen LogP contribution < -0.4 is 15.3 Å². The maximum Gasteiger partial charge on any atom is 4.00 e. The number of carbonyl (C=O) groups is 3. The molecule has 1 aromatic rings. The first-order chi connectivity index (χ1) is 10.9. The van der Waals surface area contributed by atoms with Crippen molar-refractivity contribution in [3.05, 3.63) is 35.9 Å². The van der Waals surface area contributed by atoms with Crippen LogP contribution >= 0.6 is 0 Å². The van der Waals surface area contributed by atoms with Gasteiger partial charge in [-0.2, -0.15) is 0 Å². The minimum atomic E-state index is -1.13. The van der Waals surface area contributed by atoms with Crippen molar-refractivity contribution in [2.75, 3.05) is 0 Å². The van der Waals surface area contributed by atoms with Crippen LogP contribution in [0.2, 0.25) is 0 Å². The van der Waals surface area contributed by atoms with Gasteiger partial charge in [-0.25, -0.2) is 0 Å². The van der Waals surface area contributed by atoms with Crippen molar-refractivity contribution in [2.24, 2.45) is 0 Å². The first-order valence-electron chi connectivity index (χ1n) is 7.59. The van der Waals surface area contributed by atoms with E-state index in [-0.39, 0.29) is 66.2 Å². The molecule has 0 radical (unpaired) electrons. The Bertz CT molecular complexity index is 459. The number of carboxylic acids is 3. The standard InChI is InChI=1S/C10H18O4.C7H6O2.2Sn/c11-9(12)7-5-3-1-2-4-6-8-10(13)14;8-7(9)6-4-2-1-3-5-6;;/h1-8H2,(H,11,12)(H,13,14);1-5H,(H,8,9);;/q;;2*+4/p-3. The van der Waals surface area contributed by atoms with Gasteiger partial charge in [0.25, 0.3) is 0 Å². The Balaban J connectivity index is -0.000000384. The summed E-state index contributed by atoms with van der Waals surface area (Å²) in [5.41, 5.74) is 0.220. The van der Waals surface area contributed by atoms with Gasteiger partial charge in [0.2, 0.25) is 0 Å². The predicted molar refractivity (Wildman–Crippen MR) is 89.2 cm³/mol. The first-order valence-corrected chi connectivity index (χ1v) is 7.59. The van der Waals surface area contributed by atoms with Crippen LogP contribution in [0.1, 0.15) is 61.7 Å². The fourth-order valence-electron chi connectivity index (χ4n) is 1.82. The van der Waals surface area contributed by atoms with Gasteiger partial charge in [0.05, 0.1) is 5.97 Å². The van der Waals surface area contributed by atoms with Crippen molar-refractivity contribution in [3.63, 3.8) is 0 Å². The molecule has 0 aliphatic rings. The van der Waals surface area contributed by atoms with E-state index >= 15 is 0 Å². The van der Waals surface area contributed by atoms with E-state index in [0.717, 1.165) is 25.7 Å². The number of benzene rings is 1. The van der Waals surface area contributed by atoms with Crippen molar-refractivity contribution in [2.45, 2.75) is 51.4 Å². The van der Waals surface area contributed by atoms with E-state index in [4.69, 9.17) is 0 Å².